The standard InChI is InChI=1S/C22H11Cl3N2S/c23-18-8-7-14(10-19(18)24)20-12-28-22(27-20)15-4-1-3-13(9-15)17-6-2-5-16(11-26)21(17)25/h1-10,12H. The van der Waals surface area contributed by atoms with Crippen LogP contribution in [0.25, 0.3) is 33.0 Å². The zero-order chi connectivity index (χ0) is 19.7. The zero-order valence-corrected chi connectivity index (χ0v) is 17.4. The van der Waals surface area contributed by atoms with E-state index in [-0.39, 0.29) is 0 Å². The molecule has 0 amide bonds. The maximum absolute atomic E-state index is 9.21. The Morgan fingerprint density at radius 3 is 2.39 bits per heavy atom. The highest BCUT2D eigenvalue weighted by Gasteiger charge is 2.12. The molecule has 0 aliphatic rings. The van der Waals surface area contributed by atoms with Crippen molar-refractivity contribution in [1.29, 1.82) is 5.26 Å². The molecule has 0 bridgehead atoms. The van der Waals surface area contributed by atoms with Crippen molar-refractivity contribution in [3.8, 4) is 39.0 Å². The maximum atomic E-state index is 9.21. The van der Waals surface area contributed by atoms with E-state index in [0.717, 1.165) is 33.0 Å². The predicted molar refractivity (Wildman–Crippen MR) is 118 cm³/mol. The molecule has 3 aromatic carbocycles. The van der Waals surface area contributed by atoms with Gasteiger partial charge in [0.2, 0.25) is 0 Å². The Bertz CT molecular complexity index is 1220. The van der Waals surface area contributed by atoms with Gasteiger partial charge in [-0.15, -0.1) is 11.3 Å². The molecular formula is C22H11Cl3N2S. The molecule has 0 radical (unpaired) electrons. The molecule has 4 rings (SSSR count). The first-order valence-electron chi connectivity index (χ1n) is 8.27. The summed E-state index contributed by atoms with van der Waals surface area (Å²) in [5, 5.41) is 13.6. The fourth-order valence-electron chi connectivity index (χ4n) is 2.86. The van der Waals surface area contributed by atoms with E-state index < -0.39 is 0 Å². The van der Waals surface area contributed by atoms with Crippen molar-refractivity contribution in [2.45, 2.75) is 0 Å². The number of hydrogen-bond donors (Lipinski definition) is 0. The second kappa shape index (κ2) is 7.95. The first-order valence-corrected chi connectivity index (χ1v) is 10.3. The van der Waals surface area contributed by atoms with Gasteiger partial charge in [0, 0.05) is 22.1 Å². The van der Waals surface area contributed by atoms with Gasteiger partial charge in [0.15, 0.2) is 0 Å². The molecular weight excluding hydrogens is 431 g/mol. The quantitative estimate of drug-likeness (QED) is 0.323. The minimum atomic E-state index is 0.456. The number of halogens is 3. The fourth-order valence-corrected chi connectivity index (χ4v) is 4.26. The minimum absolute atomic E-state index is 0.456. The normalized spacial score (nSPS) is 10.6. The van der Waals surface area contributed by atoms with E-state index in [9.17, 15) is 5.26 Å². The summed E-state index contributed by atoms with van der Waals surface area (Å²) in [5.41, 5.74) is 4.95. The van der Waals surface area contributed by atoms with Crippen LogP contribution in [0.2, 0.25) is 15.1 Å². The minimum Gasteiger partial charge on any atom is -0.236 e. The van der Waals surface area contributed by atoms with E-state index in [1.54, 1.807) is 23.5 Å². The fraction of sp³-hybridized carbons (Fsp3) is 0. The number of thiazole rings is 1. The topological polar surface area (TPSA) is 36.7 Å². The van der Waals surface area contributed by atoms with Crippen LogP contribution in [-0.2, 0) is 0 Å². The van der Waals surface area contributed by atoms with Crippen molar-refractivity contribution in [1.82, 2.24) is 4.98 Å². The lowest BCUT2D eigenvalue weighted by molar-refractivity contribution is 1.40. The molecule has 2 nitrogen and oxygen atoms in total. The smallest absolute Gasteiger partial charge is 0.124 e. The molecule has 0 saturated carbocycles. The second-order valence-corrected chi connectivity index (χ2v) is 8.08. The SMILES string of the molecule is N#Cc1cccc(-c2cccc(-c3nc(-c4ccc(Cl)c(Cl)c4)cs3)c2)c1Cl. The van der Waals surface area contributed by atoms with Gasteiger partial charge in [0.25, 0.3) is 0 Å². The number of benzene rings is 3. The van der Waals surface area contributed by atoms with Gasteiger partial charge in [0.1, 0.15) is 11.1 Å². The molecule has 0 atom stereocenters. The van der Waals surface area contributed by atoms with Crippen LogP contribution in [0.3, 0.4) is 0 Å². The average Bonchev–Trinajstić information content (AvgIpc) is 3.21. The Labute approximate surface area is 181 Å². The van der Waals surface area contributed by atoms with Crippen molar-refractivity contribution in [2.24, 2.45) is 0 Å². The first kappa shape index (κ1) is 19.0. The van der Waals surface area contributed by atoms with Crippen molar-refractivity contribution in [3.63, 3.8) is 0 Å². The molecule has 0 N–H and O–H groups in total. The zero-order valence-electron chi connectivity index (χ0n) is 14.3. The molecule has 136 valence electrons. The van der Waals surface area contributed by atoms with Gasteiger partial charge in [-0.3, -0.25) is 0 Å². The summed E-state index contributed by atoms with van der Waals surface area (Å²) in [5.74, 6) is 0. The largest absolute Gasteiger partial charge is 0.236 e. The highest BCUT2D eigenvalue weighted by atomic mass is 35.5. The van der Waals surface area contributed by atoms with Gasteiger partial charge in [-0.25, -0.2) is 4.98 Å². The van der Waals surface area contributed by atoms with Crippen LogP contribution in [0.1, 0.15) is 5.56 Å². The average molecular weight is 442 g/mol. The number of hydrogen-bond acceptors (Lipinski definition) is 3. The van der Waals surface area contributed by atoms with Gasteiger partial charge >= 0.3 is 0 Å². The molecule has 0 spiro atoms. The van der Waals surface area contributed by atoms with E-state index in [0.29, 0.717) is 20.6 Å². The van der Waals surface area contributed by atoms with Crippen molar-refractivity contribution < 1.29 is 0 Å². The number of aromatic nitrogens is 1. The number of rotatable bonds is 3. The van der Waals surface area contributed by atoms with Crippen molar-refractivity contribution >= 4 is 46.1 Å². The molecule has 0 aliphatic carbocycles. The van der Waals surface area contributed by atoms with Crippen molar-refractivity contribution in [2.75, 3.05) is 0 Å². The van der Waals surface area contributed by atoms with Crippen LogP contribution in [0.4, 0.5) is 0 Å². The summed E-state index contributed by atoms with van der Waals surface area (Å²) in [4.78, 5) is 4.74. The van der Waals surface area contributed by atoms with E-state index in [2.05, 4.69) is 6.07 Å². The molecule has 28 heavy (non-hydrogen) atoms. The highest BCUT2D eigenvalue weighted by molar-refractivity contribution is 7.13. The van der Waals surface area contributed by atoms with Crippen LogP contribution in [0.5, 0.6) is 0 Å². The molecule has 6 heteroatoms. The molecule has 0 saturated heterocycles. The third-order valence-corrected chi connectivity index (χ3v) is 6.30. The van der Waals surface area contributed by atoms with Gasteiger partial charge in [-0.2, -0.15) is 5.26 Å². The van der Waals surface area contributed by atoms with E-state index in [1.165, 1.54) is 0 Å². The molecule has 1 heterocycles. The van der Waals surface area contributed by atoms with Gasteiger partial charge in [-0.05, 0) is 29.8 Å². The lowest BCUT2D eigenvalue weighted by atomic mass is 10.0. The summed E-state index contributed by atoms with van der Waals surface area (Å²) < 4.78 is 0. The van der Waals surface area contributed by atoms with Crippen LogP contribution < -0.4 is 0 Å². The maximum Gasteiger partial charge on any atom is 0.124 e. The summed E-state index contributed by atoms with van der Waals surface area (Å²) >= 11 is 20.1. The molecule has 4 aromatic rings. The van der Waals surface area contributed by atoms with E-state index in [1.807, 2.05) is 53.9 Å². The van der Waals surface area contributed by atoms with Crippen LogP contribution in [-0.4, -0.2) is 4.98 Å². The van der Waals surface area contributed by atoms with Crippen LogP contribution in [0.15, 0.2) is 66.0 Å². The van der Waals surface area contributed by atoms with Gasteiger partial charge < -0.3 is 0 Å². The summed E-state index contributed by atoms with van der Waals surface area (Å²) in [6.07, 6.45) is 0. The molecule has 1 aromatic heterocycles. The van der Waals surface area contributed by atoms with Crippen LogP contribution >= 0.6 is 46.1 Å². The molecule has 0 unspecified atom stereocenters. The predicted octanol–water partition coefficient (Wildman–Crippen LogP) is 7.98. The molecule has 0 aliphatic heterocycles. The van der Waals surface area contributed by atoms with E-state index in [4.69, 9.17) is 39.8 Å². The van der Waals surface area contributed by atoms with Crippen molar-refractivity contribution in [3.05, 3.63) is 86.7 Å². The lowest BCUT2D eigenvalue weighted by Gasteiger charge is -2.07. The summed E-state index contributed by atoms with van der Waals surface area (Å²) in [7, 11) is 0. The Hall–Kier alpha value is -2.35. The Morgan fingerprint density at radius 2 is 1.61 bits per heavy atom. The van der Waals surface area contributed by atoms with E-state index >= 15 is 0 Å². The third kappa shape index (κ3) is 3.65. The van der Waals surface area contributed by atoms with Gasteiger partial charge in [0.05, 0.1) is 26.3 Å². The monoisotopic (exact) mass is 440 g/mol. The third-order valence-electron chi connectivity index (χ3n) is 4.26. The van der Waals surface area contributed by atoms with Gasteiger partial charge in [-0.1, -0.05) is 71.2 Å². The Morgan fingerprint density at radius 1 is 0.821 bits per heavy atom. The highest BCUT2D eigenvalue weighted by Crippen LogP contribution is 2.35. The summed E-state index contributed by atoms with van der Waals surface area (Å²) in [6, 6.07) is 21.0. The lowest BCUT2D eigenvalue weighted by Crippen LogP contribution is -1.85. The summed E-state index contributed by atoms with van der Waals surface area (Å²) in [6.45, 7) is 0. The Kier molecular flexibility index (Phi) is 5.39. The van der Waals surface area contributed by atoms with Crippen LogP contribution in [0, 0.1) is 11.3 Å². The Balaban J connectivity index is 1.72. The number of nitriles is 1. The number of nitrogens with zero attached hydrogens (tertiary/aromatic N) is 2. The molecule has 0 fully saturated rings. The first-order chi connectivity index (χ1) is 13.6. The second-order valence-electron chi connectivity index (χ2n) is 6.03.